The molecule has 1 amide bonds. The predicted octanol–water partition coefficient (Wildman–Crippen LogP) is 5.10. The Morgan fingerprint density at radius 2 is 1.75 bits per heavy atom. The van der Waals surface area contributed by atoms with Gasteiger partial charge in [-0.3, -0.25) is 9.69 Å². The zero-order chi connectivity index (χ0) is 17.1. The largest absolute Gasteiger partial charge is 0.280 e. The number of carbonyl (C=O) groups is 1. The van der Waals surface area contributed by atoms with Gasteiger partial charge in [-0.1, -0.05) is 41.5 Å². The highest BCUT2D eigenvalue weighted by molar-refractivity contribution is 8.06. The quantitative estimate of drug-likeness (QED) is 0.728. The molecular weight excluding hydrogens is 314 g/mol. The van der Waals surface area contributed by atoms with Gasteiger partial charge in [0.05, 0.1) is 11.4 Å². The van der Waals surface area contributed by atoms with Crippen LogP contribution < -0.4 is 4.90 Å². The molecule has 0 N–H and O–H groups in total. The molecule has 0 bridgehead atoms. The van der Waals surface area contributed by atoms with Gasteiger partial charge in [-0.2, -0.15) is 0 Å². The first-order chi connectivity index (χ1) is 11.6. The van der Waals surface area contributed by atoms with Crippen molar-refractivity contribution < 1.29 is 4.79 Å². The van der Waals surface area contributed by atoms with Crippen molar-refractivity contribution in [2.45, 2.75) is 26.7 Å². The first-order valence-corrected chi connectivity index (χ1v) is 8.76. The molecule has 2 aromatic carbocycles. The molecule has 0 spiro atoms. The molecule has 120 valence electrons. The second-order valence-corrected chi connectivity index (χ2v) is 6.73. The minimum absolute atomic E-state index is 0.0544. The monoisotopic (exact) mass is 333 g/mol. The van der Waals surface area contributed by atoms with Crippen molar-refractivity contribution in [3.05, 3.63) is 70.1 Å². The zero-order valence-corrected chi connectivity index (χ0v) is 14.7. The van der Waals surface area contributed by atoms with Crippen molar-refractivity contribution in [1.82, 2.24) is 0 Å². The van der Waals surface area contributed by atoms with Crippen molar-refractivity contribution in [3.8, 4) is 11.7 Å². The first kappa shape index (κ1) is 16.4. The molecule has 2 aromatic rings. The Hall–Kier alpha value is -2.44. The van der Waals surface area contributed by atoms with E-state index in [1.807, 2.05) is 23.1 Å². The van der Waals surface area contributed by atoms with Crippen LogP contribution in [-0.2, 0) is 11.2 Å². The van der Waals surface area contributed by atoms with Crippen molar-refractivity contribution in [2.75, 3.05) is 4.90 Å². The van der Waals surface area contributed by atoms with Crippen molar-refractivity contribution in [2.24, 2.45) is 0 Å². The van der Waals surface area contributed by atoms with Crippen LogP contribution >= 0.6 is 11.8 Å². The number of hydrogen-bond donors (Lipinski definition) is 0. The smallest absolute Gasteiger partial charge is 0.235 e. The minimum atomic E-state index is 0.0544. The van der Waals surface area contributed by atoms with E-state index in [0.29, 0.717) is 6.42 Å². The number of fused-ring (bicyclic) bond motifs is 2. The van der Waals surface area contributed by atoms with E-state index >= 15 is 0 Å². The lowest BCUT2D eigenvalue weighted by molar-refractivity contribution is -0.117. The van der Waals surface area contributed by atoms with Gasteiger partial charge in [0.25, 0.3) is 0 Å². The van der Waals surface area contributed by atoms with Crippen LogP contribution in [0.25, 0.3) is 0 Å². The molecule has 0 unspecified atom stereocenters. The first-order valence-electron chi connectivity index (χ1n) is 7.88. The van der Waals surface area contributed by atoms with E-state index in [4.69, 9.17) is 6.42 Å². The Balaban J connectivity index is 2.01. The molecule has 2 nitrogen and oxygen atoms in total. The summed E-state index contributed by atoms with van der Waals surface area (Å²) in [6.07, 6.45) is 8.22. The van der Waals surface area contributed by atoms with E-state index < -0.39 is 0 Å². The molecule has 1 aliphatic heterocycles. The Kier molecular flexibility index (Phi) is 4.78. The van der Waals surface area contributed by atoms with Gasteiger partial charge in [0.15, 0.2) is 0 Å². The second kappa shape index (κ2) is 6.98. The van der Waals surface area contributed by atoms with E-state index in [1.54, 1.807) is 5.41 Å². The summed E-state index contributed by atoms with van der Waals surface area (Å²) < 4.78 is 0. The van der Waals surface area contributed by atoms with Crippen LogP contribution in [0.4, 0.5) is 11.4 Å². The summed E-state index contributed by atoms with van der Waals surface area (Å²) in [4.78, 5) is 14.7. The molecule has 0 saturated carbocycles. The van der Waals surface area contributed by atoms with Gasteiger partial charge < -0.3 is 0 Å². The molecule has 0 fully saturated rings. The molecule has 1 aliphatic rings. The summed E-state index contributed by atoms with van der Waals surface area (Å²) in [5, 5.41) is 4.26. The summed E-state index contributed by atoms with van der Waals surface area (Å²) in [5.41, 5.74) is 6.79. The average molecular weight is 333 g/mol. The third-order valence-corrected chi connectivity index (χ3v) is 4.57. The van der Waals surface area contributed by atoms with Gasteiger partial charge in [-0.25, -0.2) is 0 Å². The fourth-order valence-corrected chi connectivity index (χ4v) is 3.35. The highest BCUT2D eigenvalue weighted by atomic mass is 32.2. The van der Waals surface area contributed by atoms with Crippen LogP contribution in [0.3, 0.4) is 0 Å². The summed E-state index contributed by atoms with van der Waals surface area (Å²) in [7, 11) is 0. The SMILES string of the molecule is C#CS/C=C\CC(=O)N1c2ccc(C)cc2Cc2cc(C)ccc21. The molecule has 24 heavy (non-hydrogen) atoms. The average Bonchev–Trinajstić information content (AvgIpc) is 2.56. The van der Waals surface area contributed by atoms with E-state index in [0.717, 1.165) is 17.8 Å². The van der Waals surface area contributed by atoms with Crippen LogP contribution in [0.1, 0.15) is 28.7 Å². The second-order valence-electron chi connectivity index (χ2n) is 5.98. The van der Waals surface area contributed by atoms with Crippen molar-refractivity contribution in [3.63, 3.8) is 0 Å². The molecule has 3 heteroatoms. The summed E-state index contributed by atoms with van der Waals surface area (Å²) in [5.74, 6) is 0.0544. The van der Waals surface area contributed by atoms with Gasteiger partial charge in [-0.15, -0.1) is 6.42 Å². The number of aryl methyl sites for hydroxylation is 2. The maximum Gasteiger partial charge on any atom is 0.235 e. The number of hydrogen-bond acceptors (Lipinski definition) is 2. The number of nitrogens with zero attached hydrogens (tertiary/aromatic N) is 1. The molecule has 0 radical (unpaired) electrons. The van der Waals surface area contributed by atoms with Gasteiger partial charge in [0.1, 0.15) is 0 Å². The van der Waals surface area contributed by atoms with Gasteiger partial charge in [-0.05, 0) is 59.5 Å². The maximum atomic E-state index is 12.9. The number of amides is 1. The van der Waals surface area contributed by atoms with Gasteiger partial charge in [0.2, 0.25) is 5.91 Å². The molecule has 1 heterocycles. The van der Waals surface area contributed by atoms with Crippen molar-refractivity contribution in [1.29, 1.82) is 0 Å². The predicted molar refractivity (Wildman–Crippen MR) is 102 cm³/mol. The lowest BCUT2D eigenvalue weighted by Crippen LogP contribution is -2.29. The summed E-state index contributed by atoms with van der Waals surface area (Å²) in [6, 6.07) is 12.6. The zero-order valence-electron chi connectivity index (χ0n) is 13.9. The fourth-order valence-electron chi connectivity index (χ4n) is 3.08. The summed E-state index contributed by atoms with van der Waals surface area (Å²) in [6.45, 7) is 4.16. The third-order valence-electron chi connectivity index (χ3n) is 4.11. The van der Waals surface area contributed by atoms with E-state index in [2.05, 4.69) is 43.4 Å². The fraction of sp³-hybridized carbons (Fsp3) is 0.190. The maximum absolute atomic E-state index is 12.9. The van der Waals surface area contributed by atoms with Crippen LogP contribution in [0.2, 0.25) is 0 Å². The number of carbonyl (C=O) groups excluding carboxylic acids is 1. The summed E-state index contributed by atoms with van der Waals surface area (Å²) >= 11 is 1.25. The van der Waals surface area contributed by atoms with Gasteiger partial charge >= 0.3 is 0 Å². The number of anilines is 2. The number of benzene rings is 2. The molecular formula is C21H19NOS. The van der Waals surface area contributed by atoms with Crippen LogP contribution in [0, 0.1) is 25.5 Å². The Morgan fingerprint density at radius 3 is 2.29 bits per heavy atom. The highest BCUT2D eigenvalue weighted by Crippen LogP contribution is 2.39. The third kappa shape index (κ3) is 3.25. The molecule has 0 aromatic heterocycles. The van der Waals surface area contributed by atoms with E-state index in [-0.39, 0.29) is 5.91 Å². The van der Waals surface area contributed by atoms with Crippen LogP contribution in [-0.4, -0.2) is 5.91 Å². The van der Waals surface area contributed by atoms with Crippen LogP contribution in [0.15, 0.2) is 47.9 Å². The van der Waals surface area contributed by atoms with Crippen molar-refractivity contribution >= 4 is 29.0 Å². The topological polar surface area (TPSA) is 20.3 Å². The number of terminal acetylenes is 1. The Labute approximate surface area is 147 Å². The normalized spacial score (nSPS) is 12.6. The number of thioether (sulfide) groups is 1. The lowest BCUT2D eigenvalue weighted by Gasteiger charge is -2.32. The minimum Gasteiger partial charge on any atom is -0.280 e. The Morgan fingerprint density at radius 1 is 1.17 bits per heavy atom. The van der Waals surface area contributed by atoms with E-state index in [9.17, 15) is 4.79 Å². The molecule has 0 atom stereocenters. The molecule has 0 saturated heterocycles. The van der Waals surface area contributed by atoms with Gasteiger partial charge in [0, 0.05) is 12.8 Å². The lowest BCUT2D eigenvalue weighted by atomic mass is 9.93. The molecule has 0 aliphatic carbocycles. The standard InChI is InChI=1S/C21H19NOS/c1-4-24-11-5-6-21(23)22-19-9-7-15(2)12-17(19)14-18-13-16(3)8-10-20(18)22/h1,5,7-13H,6,14H2,2-3H3/b11-5-. The van der Waals surface area contributed by atoms with E-state index in [1.165, 1.54) is 34.0 Å². The number of rotatable bonds is 3. The highest BCUT2D eigenvalue weighted by Gasteiger charge is 2.26. The van der Waals surface area contributed by atoms with Crippen LogP contribution in [0.5, 0.6) is 0 Å². The molecule has 3 rings (SSSR count). The Bertz CT molecular complexity index is 809.